The zero-order chi connectivity index (χ0) is 13.9. The van der Waals surface area contributed by atoms with E-state index in [1.165, 1.54) is 25.7 Å². The van der Waals surface area contributed by atoms with Crippen LogP contribution in [0.15, 0.2) is 24.3 Å². The molecule has 0 heterocycles. The fourth-order valence-corrected chi connectivity index (χ4v) is 3.31. The van der Waals surface area contributed by atoms with Gasteiger partial charge < -0.3 is 5.32 Å². The number of benzene rings is 1. The number of hydrogen-bond donors (Lipinski definition) is 1. The van der Waals surface area contributed by atoms with E-state index in [9.17, 15) is 10.1 Å². The molecule has 0 saturated heterocycles. The number of para-hydroxylation sites is 1. The summed E-state index contributed by atoms with van der Waals surface area (Å²) < 4.78 is 0. The summed E-state index contributed by atoms with van der Waals surface area (Å²) in [4.78, 5) is 10.8. The third-order valence-corrected chi connectivity index (χ3v) is 4.55. The summed E-state index contributed by atoms with van der Waals surface area (Å²) in [6.45, 7) is 2.30. The van der Waals surface area contributed by atoms with Crippen LogP contribution in [0.2, 0.25) is 0 Å². The second kappa shape index (κ2) is 5.70. The summed E-state index contributed by atoms with van der Waals surface area (Å²) in [5, 5.41) is 14.5. The first-order chi connectivity index (χ1) is 9.07. The Morgan fingerprint density at radius 3 is 2.58 bits per heavy atom. The van der Waals surface area contributed by atoms with Crippen LogP contribution in [0.25, 0.3) is 0 Å². The highest BCUT2D eigenvalue weighted by Crippen LogP contribution is 2.41. The minimum absolute atomic E-state index is 0.240. The Kier molecular flexibility index (Phi) is 4.20. The van der Waals surface area contributed by atoms with Crippen LogP contribution in [0.5, 0.6) is 0 Å². The molecule has 0 spiro atoms. The number of likely N-dealkylation sites (N-methyl/N-ethyl adjacent to an activating group) is 1. The molecule has 2 rings (SSSR count). The molecule has 0 radical (unpaired) electrons. The van der Waals surface area contributed by atoms with Gasteiger partial charge in [0.1, 0.15) is 0 Å². The monoisotopic (exact) mass is 262 g/mol. The van der Waals surface area contributed by atoms with E-state index in [2.05, 4.69) is 12.2 Å². The first-order valence-electron chi connectivity index (χ1n) is 6.96. The molecule has 19 heavy (non-hydrogen) atoms. The molecule has 4 heteroatoms. The summed E-state index contributed by atoms with van der Waals surface area (Å²) in [7, 11) is 1.96. The van der Waals surface area contributed by atoms with Crippen LogP contribution < -0.4 is 5.32 Å². The van der Waals surface area contributed by atoms with Crippen LogP contribution in [-0.2, 0) is 6.42 Å². The first kappa shape index (κ1) is 14.0. The predicted octanol–water partition coefficient (Wildman–Crippen LogP) is 3.31. The molecular weight excluding hydrogens is 240 g/mol. The van der Waals surface area contributed by atoms with Crippen LogP contribution >= 0.6 is 0 Å². The zero-order valence-corrected chi connectivity index (χ0v) is 11.7. The third kappa shape index (κ3) is 2.95. The lowest BCUT2D eigenvalue weighted by molar-refractivity contribution is -0.385. The standard InChI is InChI=1S/C15H22N2O2/c1-15(9-5-6-10-15)14(16-2)11-12-7-3-4-8-13(12)17(18)19/h3-4,7-8,14,16H,5-6,9-11H2,1-2H3. The molecule has 1 unspecified atom stereocenters. The van der Waals surface area contributed by atoms with Crippen molar-refractivity contribution in [1.29, 1.82) is 0 Å². The van der Waals surface area contributed by atoms with Crippen LogP contribution in [0.1, 0.15) is 38.2 Å². The van der Waals surface area contributed by atoms with E-state index in [4.69, 9.17) is 0 Å². The number of rotatable bonds is 5. The Balaban J connectivity index is 2.21. The van der Waals surface area contributed by atoms with Gasteiger partial charge in [-0.05, 0) is 31.7 Å². The molecule has 104 valence electrons. The van der Waals surface area contributed by atoms with Crippen molar-refractivity contribution in [2.24, 2.45) is 5.41 Å². The van der Waals surface area contributed by atoms with Crippen molar-refractivity contribution < 1.29 is 4.92 Å². The summed E-state index contributed by atoms with van der Waals surface area (Å²) in [6.07, 6.45) is 5.68. The van der Waals surface area contributed by atoms with E-state index in [-0.39, 0.29) is 16.0 Å². The number of nitrogens with one attached hydrogen (secondary N) is 1. The van der Waals surface area contributed by atoms with Crippen LogP contribution in [0.3, 0.4) is 0 Å². The van der Waals surface area contributed by atoms with Gasteiger partial charge in [0.2, 0.25) is 0 Å². The minimum Gasteiger partial charge on any atom is -0.316 e. The molecule has 0 aliphatic heterocycles. The molecule has 0 aromatic heterocycles. The summed E-state index contributed by atoms with van der Waals surface area (Å²) in [5.41, 5.74) is 1.34. The Hall–Kier alpha value is -1.42. The number of nitro groups is 1. The SMILES string of the molecule is CNC(Cc1ccccc1[N+](=O)[O-])C1(C)CCCC1. The molecule has 1 saturated carbocycles. The lowest BCUT2D eigenvalue weighted by Crippen LogP contribution is -2.42. The zero-order valence-electron chi connectivity index (χ0n) is 11.7. The van der Waals surface area contributed by atoms with Gasteiger partial charge in [-0.3, -0.25) is 10.1 Å². The van der Waals surface area contributed by atoms with E-state index in [0.717, 1.165) is 12.0 Å². The molecule has 1 atom stereocenters. The van der Waals surface area contributed by atoms with Crippen molar-refractivity contribution in [2.45, 2.75) is 45.1 Å². The van der Waals surface area contributed by atoms with Gasteiger partial charge in [-0.2, -0.15) is 0 Å². The van der Waals surface area contributed by atoms with Gasteiger partial charge in [0, 0.05) is 17.7 Å². The minimum atomic E-state index is -0.279. The largest absolute Gasteiger partial charge is 0.316 e. The Morgan fingerprint density at radius 1 is 1.37 bits per heavy atom. The molecule has 0 amide bonds. The van der Waals surface area contributed by atoms with Crippen LogP contribution in [0, 0.1) is 15.5 Å². The van der Waals surface area contributed by atoms with E-state index < -0.39 is 0 Å². The highest BCUT2D eigenvalue weighted by atomic mass is 16.6. The number of hydrogen-bond acceptors (Lipinski definition) is 3. The van der Waals surface area contributed by atoms with Gasteiger partial charge in [-0.1, -0.05) is 38.0 Å². The smallest absolute Gasteiger partial charge is 0.272 e. The van der Waals surface area contributed by atoms with Crippen molar-refractivity contribution >= 4 is 5.69 Å². The second-order valence-electron chi connectivity index (χ2n) is 5.79. The number of nitro benzene ring substituents is 1. The first-order valence-corrected chi connectivity index (χ1v) is 6.96. The average molecular weight is 262 g/mol. The average Bonchev–Trinajstić information content (AvgIpc) is 2.84. The predicted molar refractivity (Wildman–Crippen MR) is 76.2 cm³/mol. The van der Waals surface area contributed by atoms with Gasteiger partial charge in [0.25, 0.3) is 5.69 Å². The summed E-state index contributed by atoms with van der Waals surface area (Å²) in [5.74, 6) is 0. The maximum atomic E-state index is 11.1. The normalized spacial score (nSPS) is 19.3. The van der Waals surface area contributed by atoms with E-state index in [1.807, 2.05) is 19.2 Å². The molecule has 1 aliphatic rings. The number of nitrogens with zero attached hydrogens (tertiary/aromatic N) is 1. The molecule has 0 bridgehead atoms. The van der Waals surface area contributed by atoms with Gasteiger partial charge in [0.15, 0.2) is 0 Å². The van der Waals surface area contributed by atoms with E-state index in [1.54, 1.807) is 12.1 Å². The summed E-state index contributed by atoms with van der Waals surface area (Å²) >= 11 is 0. The van der Waals surface area contributed by atoms with Crippen molar-refractivity contribution in [3.05, 3.63) is 39.9 Å². The van der Waals surface area contributed by atoms with E-state index in [0.29, 0.717) is 6.04 Å². The Labute approximate surface area is 114 Å². The fraction of sp³-hybridized carbons (Fsp3) is 0.600. The maximum absolute atomic E-state index is 11.1. The maximum Gasteiger partial charge on any atom is 0.272 e. The van der Waals surface area contributed by atoms with Crippen LogP contribution in [-0.4, -0.2) is 18.0 Å². The lowest BCUT2D eigenvalue weighted by atomic mass is 9.78. The van der Waals surface area contributed by atoms with Crippen molar-refractivity contribution in [2.75, 3.05) is 7.05 Å². The van der Waals surface area contributed by atoms with Gasteiger partial charge >= 0.3 is 0 Å². The molecule has 1 N–H and O–H groups in total. The molecule has 1 aromatic rings. The lowest BCUT2D eigenvalue weighted by Gasteiger charge is -2.34. The van der Waals surface area contributed by atoms with Gasteiger partial charge in [0.05, 0.1) is 4.92 Å². The van der Waals surface area contributed by atoms with E-state index >= 15 is 0 Å². The molecular formula is C15H22N2O2. The fourth-order valence-electron chi connectivity index (χ4n) is 3.31. The van der Waals surface area contributed by atoms with Crippen LogP contribution in [0.4, 0.5) is 5.69 Å². The van der Waals surface area contributed by atoms with Crippen molar-refractivity contribution in [3.63, 3.8) is 0 Å². The molecule has 1 fully saturated rings. The highest BCUT2D eigenvalue weighted by Gasteiger charge is 2.36. The molecule has 4 nitrogen and oxygen atoms in total. The van der Waals surface area contributed by atoms with Crippen molar-refractivity contribution in [3.8, 4) is 0 Å². The quantitative estimate of drug-likeness (QED) is 0.654. The second-order valence-corrected chi connectivity index (χ2v) is 5.79. The Bertz CT molecular complexity index is 453. The third-order valence-electron chi connectivity index (χ3n) is 4.55. The van der Waals surface area contributed by atoms with Gasteiger partial charge in [-0.25, -0.2) is 0 Å². The topological polar surface area (TPSA) is 55.2 Å². The Morgan fingerprint density at radius 2 is 2.00 bits per heavy atom. The highest BCUT2D eigenvalue weighted by molar-refractivity contribution is 5.40. The van der Waals surface area contributed by atoms with Gasteiger partial charge in [-0.15, -0.1) is 0 Å². The van der Waals surface area contributed by atoms with Crippen molar-refractivity contribution in [1.82, 2.24) is 5.32 Å². The molecule has 1 aromatic carbocycles. The molecule has 1 aliphatic carbocycles. The summed E-state index contributed by atoms with van der Waals surface area (Å²) in [6, 6.07) is 7.38.